The van der Waals surface area contributed by atoms with Gasteiger partial charge < -0.3 is 15.8 Å². The summed E-state index contributed by atoms with van der Waals surface area (Å²) in [6, 6.07) is 6.67. The van der Waals surface area contributed by atoms with E-state index < -0.39 is 6.03 Å². The number of nitrogens with two attached hydrogens (primary N) is 1. The molecular weight excluding hydrogens is 220 g/mol. The lowest BCUT2D eigenvalue weighted by Crippen LogP contribution is -2.39. The van der Waals surface area contributed by atoms with Crippen molar-refractivity contribution in [3.8, 4) is 0 Å². The van der Waals surface area contributed by atoms with E-state index in [0.717, 1.165) is 11.1 Å². The summed E-state index contributed by atoms with van der Waals surface area (Å²) in [6.07, 6.45) is 0.221. The maximum absolute atomic E-state index is 11.0. The number of amides is 2. The van der Waals surface area contributed by atoms with Crippen molar-refractivity contribution in [3.05, 3.63) is 35.4 Å². The van der Waals surface area contributed by atoms with Crippen molar-refractivity contribution in [3.63, 3.8) is 0 Å². The average Bonchev–Trinajstić information content (AvgIpc) is 2.55. The average molecular weight is 234 g/mol. The third-order valence-corrected chi connectivity index (χ3v) is 2.80. The molecule has 90 valence electrons. The minimum atomic E-state index is -0.621. The molecule has 1 aromatic carbocycles. The molecule has 0 radical (unpaired) electrons. The van der Waals surface area contributed by atoms with E-state index in [1.54, 1.807) is 0 Å². The highest BCUT2D eigenvalue weighted by Gasteiger charge is 2.35. The van der Waals surface area contributed by atoms with Gasteiger partial charge in [-0.15, -0.1) is 0 Å². The van der Waals surface area contributed by atoms with Gasteiger partial charge in [-0.2, -0.15) is 0 Å². The molecule has 1 aromatic rings. The topological polar surface area (TPSA) is 81.4 Å². The molecule has 5 heteroatoms. The monoisotopic (exact) mass is 234 g/mol. The summed E-state index contributed by atoms with van der Waals surface area (Å²) in [5, 5.41) is 2.62. The van der Waals surface area contributed by atoms with Crippen LogP contribution in [0, 0.1) is 0 Å². The Kier molecular flexibility index (Phi) is 2.99. The molecule has 2 atom stereocenters. The largest absolute Gasteiger partial charge is 0.460 e. The summed E-state index contributed by atoms with van der Waals surface area (Å²) in [5.74, 6) is -0.362. The van der Waals surface area contributed by atoms with Gasteiger partial charge in [-0.05, 0) is 11.1 Å². The second kappa shape index (κ2) is 4.45. The molecule has 3 N–H and O–H groups in total. The van der Waals surface area contributed by atoms with Gasteiger partial charge in [-0.3, -0.25) is 4.79 Å². The molecule has 2 amide bonds. The predicted molar refractivity (Wildman–Crippen MR) is 61.2 cm³/mol. The van der Waals surface area contributed by atoms with Crippen molar-refractivity contribution in [1.82, 2.24) is 5.32 Å². The lowest BCUT2D eigenvalue weighted by molar-refractivity contribution is -0.147. The van der Waals surface area contributed by atoms with Gasteiger partial charge in [0.1, 0.15) is 6.10 Å². The molecule has 0 heterocycles. The van der Waals surface area contributed by atoms with Gasteiger partial charge in [-0.1, -0.05) is 24.3 Å². The van der Waals surface area contributed by atoms with Crippen LogP contribution < -0.4 is 11.1 Å². The van der Waals surface area contributed by atoms with Crippen LogP contribution in [-0.2, 0) is 16.0 Å². The van der Waals surface area contributed by atoms with Crippen molar-refractivity contribution < 1.29 is 14.3 Å². The van der Waals surface area contributed by atoms with Crippen molar-refractivity contribution >= 4 is 12.0 Å². The summed E-state index contributed by atoms with van der Waals surface area (Å²) in [4.78, 5) is 22.0. The molecule has 0 saturated heterocycles. The van der Waals surface area contributed by atoms with Crippen LogP contribution in [0.2, 0.25) is 0 Å². The summed E-state index contributed by atoms with van der Waals surface area (Å²) < 4.78 is 5.20. The van der Waals surface area contributed by atoms with E-state index in [2.05, 4.69) is 5.32 Å². The quantitative estimate of drug-likeness (QED) is 0.745. The zero-order chi connectivity index (χ0) is 12.4. The normalized spacial score (nSPS) is 21.7. The third kappa shape index (κ3) is 2.38. The standard InChI is InChI=1S/C12H14N2O3/c1-7(15)17-10-6-8-4-2-3-5-9(8)11(10)14-12(13)16/h2-5,10-11H,6H2,1H3,(H3,13,14,16)/t10-,11+/m1/s1. The zero-order valence-electron chi connectivity index (χ0n) is 9.47. The van der Waals surface area contributed by atoms with Gasteiger partial charge in [0, 0.05) is 13.3 Å². The number of urea groups is 1. The smallest absolute Gasteiger partial charge is 0.312 e. The minimum absolute atomic E-state index is 0.354. The first-order valence-corrected chi connectivity index (χ1v) is 5.39. The highest BCUT2D eigenvalue weighted by Crippen LogP contribution is 2.33. The fraction of sp³-hybridized carbons (Fsp3) is 0.333. The molecule has 0 spiro atoms. The summed E-state index contributed by atoms with van der Waals surface area (Å²) in [7, 11) is 0. The summed E-state index contributed by atoms with van der Waals surface area (Å²) in [5.41, 5.74) is 7.16. The number of carbonyl (C=O) groups is 2. The Balaban J connectivity index is 2.26. The van der Waals surface area contributed by atoms with Crippen LogP contribution in [0.15, 0.2) is 24.3 Å². The number of fused-ring (bicyclic) bond motifs is 1. The molecule has 0 unspecified atom stereocenters. The number of hydrogen-bond donors (Lipinski definition) is 2. The van der Waals surface area contributed by atoms with Crippen LogP contribution in [0.3, 0.4) is 0 Å². The van der Waals surface area contributed by atoms with Crippen LogP contribution in [-0.4, -0.2) is 18.1 Å². The fourth-order valence-electron chi connectivity index (χ4n) is 2.21. The van der Waals surface area contributed by atoms with E-state index in [1.807, 2.05) is 24.3 Å². The maximum Gasteiger partial charge on any atom is 0.312 e. The number of ether oxygens (including phenoxy) is 1. The molecule has 17 heavy (non-hydrogen) atoms. The maximum atomic E-state index is 11.0. The van der Waals surface area contributed by atoms with Crippen molar-refractivity contribution in [2.75, 3.05) is 0 Å². The molecule has 5 nitrogen and oxygen atoms in total. The highest BCUT2D eigenvalue weighted by atomic mass is 16.5. The number of nitrogens with one attached hydrogen (secondary N) is 1. The molecule has 0 fully saturated rings. The number of rotatable bonds is 2. The Bertz CT molecular complexity index is 459. The van der Waals surface area contributed by atoms with Gasteiger partial charge in [0.2, 0.25) is 0 Å². The lowest BCUT2D eigenvalue weighted by atomic mass is 10.1. The summed E-state index contributed by atoms with van der Waals surface area (Å²) >= 11 is 0. The SMILES string of the molecule is CC(=O)O[C@@H]1Cc2ccccc2[C@@H]1NC(N)=O. The van der Waals surface area contributed by atoms with E-state index in [1.165, 1.54) is 6.92 Å². The number of primary amides is 1. The molecular formula is C12H14N2O3. The molecule has 0 saturated carbocycles. The Hall–Kier alpha value is -2.04. The third-order valence-electron chi connectivity index (χ3n) is 2.80. The first kappa shape index (κ1) is 11.4. The fourth-order valence-corrected chi connectivity index (χ4v) is 2.21. The number of esters is 1. The number of carbonyl (C=O) groups excluding carboxylic acids is 2. The van der Waals surface area contributed by atoms with Crippen LogP contribution >= 0.6 is 0 Å². The van der Waals surface area contributed by atoms with E-state index in [4.69, 9.17) is 10.5 Å². The number of hydrogen-bond acceptors (Lipinski definition) is 3. The second-order valence-corrected chi connectivity index (χ2v) is 4.04. The zero-order valence-corrected chi connectivity index (χ0v) is 9.47. The van der Waals surface area contributed by atoms with Crippen LogP contribution in [0.4, 0.5) is 4.79 Å². The van der Waals surface area contributed by atoms with Crippen LogP contribution in [0.25, 0.3) is 0 Å². The first-order valence-electron chi connectivity index (χ1n) is 5.39. The molecule has 0 aromatic heterocycles. The van der Waals surface area contributed by atoms with Crippen molar-refractivity contribution in [2.24, 2.45) is 5.73 Å². The van der Waals surface area contributed by atoms with Gasteiger partial charge >= 0.3 is 12.0 Å². The van der Waals surface area contributed by atoms with Gasteiger partial charge in [0.25, 0.3) is 0 Å². The first-order chi connectivity index (χ1) is 8.08. The van der Waals surface area contributed by atoms with Crippen LogP contribution in [0.5, 0.6) is 0 Å². The molecule has 0 bridgehead atoms. The van der Waals surface area contributed by atoms with Gasteiger partial charge in [-0.25, -0.2) is 4.79 Å². The predicted octanol–water partition coefficient (Wildman–Crippen LogP) is 0.884. The minimum Gasteiger partial charge on any atom is -0.460 e. The Morgan fingerprint density at radius 2 is 2.12 bits per heavy atom. The van der Waals surface area contributed by atoms with Crippen LogP contribution in [0.1, 0.15) is 24.1 Å². The Morgan fingerprint density at radius 1 is 1.41 bits per heavy atom. The molecule has 0 aliphatic heterocycles. The second-order valence-electron chi connectivity index (χ2n) is 4.04. The Morgan fingerprint density at radius 3 is 2.76 bits per heavy atom. The van der Waals surface area contributed by atoms with Crippen molar-refractivity contribution in [1.29, 1.82) is 0 Å². The van der Waals surface area contributed by atoms with Gasteiger partial charge in [0.05, 0.1) is 6.04 Å². The van der Waals surface area contributed by atoms with Crippen molar-refractivity contribution in [2.45, 2.75) is 25.5 Å². The number of benzene rings is 1. The van der Waals surface area contributed by atoms with E-state index in [0.29, 0.717) is 6.42 Å². The van der Waals surface area contributed by atoms with E-state index >= 15 is 0 Å². The van der Waals surface area contributed by atoms with Gasteiger partial charge in [0.15, 0.2) is 0 Å². The lowest BCUT2D eigenvalue weighted by Gasteiger charge is -2.20. The van der Waals surface area contributed by atoms with E-state index in [-0.39, 0.29) is 18.1 Å². The van der Waals surface area contributed by atoms with E-state index in [9.17, 15) is 9.59 Å². The molecule has 2 rings (SSSR count). The molecule has 1 aliphatic carbocycles. The summed E-state index contributed by atoms with van der Waals surface area (Å²) in [6.45, 7) is 1.35. The Labute approximate surface area is 98.9 Å². The highest BCUT2D eigenvalue weighted by molar-refractivity contribution is 5.73. The molecule has 1 aliphatic rings.